The molecule has 1 fully saturated rings. The van der Waals surface area contributed by atoms with Crippen LogP contribution in [0.5, 0.6) is 0 Å². The first-order valence-electron chi connectivity index (χ1n) is 9.06. The number of anilines is 1. The van der Waals surface area contributed by atoms with Crippen molar-refractivity contribution in [2.45, 2.75) is 25.8 Å². The molecule has 0 radical (unpaired) electrons. The quantitative estimate of drug-likeness (QED) is 0.362. The molecule has 0 amide bonds. The highest BCUT2D eigenvalue weighted by Gasteiger charge is 2.25. The first kappa shape index (κ1) is 21.7. The first-order valence-corrected chi connectivity index (χ1v) is 9.44. The van der Waals surface area contributed by atoms with Gasteiger partial charge in [-0.3, -0.25) is 9.98 Å². The minimum Gasteiger partial charge on any atom is -0.357 e. The molecule has 0 aromatic carbocycles. The van der Waals surface area contributed by atoms with E-state index in [0.29, 0.717) is 17.6 Å². The number of hydrogen-bond acceptors (Lipinski definition) is 4. The van der Waals surface area contributed by atoms with Crippen LogP contribution in [0.3, 0.4) is 0 Å². The van der Waals surface area contributed by atoms with Gasteiger partial charge in [0.05, 0.1) is 5.02 Å². The fourth-order valence-electron chi connectivity index (χ4n) is 3.02. The van der Waals surface area contributed by atoms with Crippen LogP contribution in [0.2, 0.25) is 5.02 Å². The molecule has 1 aliphatic rings. The number of nitrogens with zero attached hydrogens (tertiary/aromatic N) is 4. The Morgan fingerprint density at radius 3 is 2.85 bits per heavy atom. The van der Waals surface area contributed by atoms with Gasteiger partial charge < -0.3 is 15.5 Å². The van der Waals surface area contributed by atoms with Gasteiger partial charge in [0, 0.05) is 56.7 Å². The van der Waals surface area contributed by atoms with Crippen LogP contribution in [-0.2, 0) is 6.42 Å². The summed E-state index contributed by atoms with van der Waals surface area (Å²) >= 11 is 6.27. The number of nitrogens with one attached hydrogen (secondary N) is 2. The maximum Gasteiger partial charge on any atom is 0.191 e. The molecule has 0 saturated carbocycles. The predicted octanol–water partition coefficient (Wildman–Crippen LogP) is 3.12. The van der Waals surface area contributed by atoms with Crippen molar-refractivity contribution in [1.82, 2.24) is 20.6 Å². The van der Waals surface area contributed by atoms with Crippen LogP contribution in [0.1, 0.15) is 19.0 Å². The Bertz CT molecular complexity index is 727. The van der Waals surface area contributed by atoms with E-state index in [1.807, 2.05) is 36.5 Å². The van der Waals surface area contributed by atoms with Gasteiger partial charge in [0.1, 0.15) is 5.82 Å². The number of rotatable bonds is 6. The van der Waals surface area contributed by atoms with Crippen LogP contribution in [-0.4, -0.2) is 48.1 Å². The summed E-state index contributed by atoms with van der Waals surface area (Å²) in [6, 6.07) is 10.0. The molecule has 3 heterocycles. The second kappa shape index (κ2) is 11.3. The van der Waals surface area contributed by atoms with Gasteiger partial charge in [0.25, 0.3) is 0 Å². The summed E-state index contributed by atoms with van der Waals surface area (Å²) in [5.41, 5.74) is 1.06. The second-order valence-electron chi connectivity index (χ2n) is 6.22. The number of aromatic nitrogens is 2. The van der Waals surface area contributed by atoms with E-state index in [1.54, 1.807) is 6.20 Å². The zero-order valence-electron chi connectivity index (χ0n) is 15.4. The van der Waals surface area contributed by atoms with Gasteiger partial charge in [-0.25, -0.2) is 4.98 Å². The van der Waals surface area contributed by atoms with Gasteiger partial charge in [-0.05, 0) is 37.6 Å². The number of hydrogen-bond donors (Lipinski definition) is 2. The summed E-state index contributed by atoms with van der Waals surface area (Å²) in [7, 11) is 0. The molecule has 2 aromatic heterocycles. The van der Waals surface area contributed by atoms with Crippen LogP contribution in [0, 0.1) is 0 Å². The third-order valence-electron chi connectivity index (χ3n) is 4.28. The summed E-state index contributed by atoms with van der Waals surface area (Å²) in [5.74, 6) is 1.71. The van der Waals surface area contributed by atoms with E-state index in [2.05, 4.69) is 37.4 Å². The van der Waals surface area contributed by atoms with Crippen molar-refractivity contribution in [3.8, 4) is 0 Å². The average Bonchev–Trinajstić information content (AvgIpc) is 3.11. The zero-order chi connectivity index (χ0) is 18.2. The molecule has 1 unspecified atom stereocenters. The molecule has 1 aliphatic heterocycles. The predicted molar refractivity (Wildman–Crippen MR) is 122 cm³/mol. The Balaban J connectivity index is 0.00000261. The van der Waals surface area contributed by atoms with Crippen molar-refractivity contribution in [3.63, 3.8) is 0 Å². The molecule has 3 rings (SSSR count). The highest BCUT2D eigenvalue weighted by molar-refractivity contribution is 14.0. The van der Waals surface area contributed by atoms with Crippen LogP contribution < -0.4 is 15.5 Å². The molecule has 0 bridgehead atoms. The lowest BCUT2D eigenvalue weighted by atomic mass is 10.2. The van der Waals surface area contributed by atoms with Gasteiger partial charge in [-0.2, -0.15) is 0 Å². The van der Waals surface area contributed by atoms with Crippen molar-refractivity contribution in [1.29, 1.82) is 0 Å². The SMILES string of the molecule is CCNC(=NCCc1ccccn1)NC1CCN(c2ncccc2Cl)C1.I. The fraction of sp³-hybridized carbons (Fsp3) is 0.421. The highest BCUT2D eigenvalue weighted by atomic mass is 127. The molecule has 0 spiro atoms. The normalized spacial score (nSPS) is 16.7. The van der Waals surface area contributed by atoms with Crippen molar-refractivity contribution < 1.29 is 0 Å². The van der Waals surface area contributed by atoms with E-state index in [9.17, 15) is 0 Å². The maximum atomic E-state index is 6.27. The largest absolute Gasteiger partial charge is 0.357 e. The molecule has 0 aliphatic carbocycles. The Kier molecular flexibility index (Phi) is 9.06. The Morgan fingerprint density at radius 1 is 1.26 bits per heavy atom. The van der Waals surface area contributed by atoms with Crippen LogP contribution in [0.4, 0.5) is 5.82 Å². The monoisotopic (exact) mass is 500 g/mol. The lowest BCUT2D eigenvalue weighted by molar-refractivity contribution is 0.648. The van der Waals surface area contributed by atoms with E-state index in [-0.39, 0.29) is 24.0 Å². The van der Waals surface area contributed by atoms with E-state index < -0.39 is 0 Å². The molecule has 1 atom stereocenters. The van der Waals surface area contributed by atoms with Gasteiger partial charge >= 0.3 is 0 Å². The van der Waals surface area contributed by atoms with E-state index in [1.165, 1.54) is 0 Å². The fourth-order valence-corrected chi connectivity index (χ4v) is 3.26. The van der Waals surface area contributed by atoms with E-state index in [0.717, 1.165) is 49.9 Å². The zero-order valence-corrected chi connectivity index (χ0v) is 18.5. The van der Waals surface area contributed by atoms with Gasteiger partial charge in [0.2, 0.25) is 0 Å². The molecular weight excluding hydrogens is 475 g/mol. The minimum atomic E-state index is 0. The topological polar surface area (TPSA) is 65.4 Å². The molecule has 1 saturated heterocycles. The molecule has 2 aromatic rings. The molecule has 2 N–H and O–H groups in total. The highest BCUT2D eigenvalue weighted by Crippen LogP contribution is 2.25. The van der Waals surface area contributed by atoms with Crippen molar-refractivity contribution in [2.24, 2.45) is 4.99 Å². The molecular formula is C19H26ClIN6. The van der Waals surface area contributed by atoms with Gasteiger partial charge in [-0.15, -0.1) is 24.0 Å². The molecule has 8 heteroatoms. The summed E-state index contributed by atoms with van der Waals surface area (Å²) < 4.78 is 0. The van der Waals surface area contributed by atoms with E-state index >= 15 is 0 Å². The summed E-state index contributed by atoms with van der Waals surface area (Å²) in [6.07, 6.45) is 5.46. The summed E-state index contributed by atoms with van der Waals surface area (Å²) in [5, 5.41) is 7.55. The lowest BCUT2D eigenvalue weighted by Gasteiger charge is -2.20. The number of guanidine groups is 1. The van der Waals surface area contributed by atoms with Crippen molar-refractivity contribution in [2.75, 3.05) is 31.1 Å². The van der Waals surface area contributed by atoms with Crippen molar-refractivity contribution >= 4 is 47.4 Å². The van der Waals surface area contributed by atoms with Crippen LogP contribution in [0.15, 0.2) is 47.7 Å². The van der Waals surface area contributed by atoms with Gasteiger partial charge in [0.15, 0.2) is 5.96 Å². The number of halogens is 2. The minimum absolute atomic E-state index is 0. The molecule has 27 heavy (non-hydrogen) atoms. The Hall–Kier alpha value is -1.61. The average molecular weight is 501 g/mol. The molecule has 146 valence electrons. The van der Waals surface area contributed by atoms with E-state index in [4.69, 9.17) is 11.6 Å². The third kappa shape index (κ3) is 6.49. The molecule has 6 nitrogen and oxygen atoms in total. The van der Waals surface area contributed by atoms with Crippen LogP contribution >= 0.6 is 35.6 Å². The number of aliphatic imine (C=N–C) groups is 1. The maximum absolute atomic E-state index is 6.27. The third-order valence-corrected chi connectivity index (χ3v) is 4.57. The smallest absolute Gasteiger partial charge is 0.191 e. The Labute approximate surface area is 182 Å². The van der Waals surface area contributed by atoms with Crippen molar-refractivity contribution in [3.05, 3.63) is 53.4 Å². The lowest BCUT2D eigenvalue weighted by Crippen LogP contribution is -2.44. The standard InChI is InChI=1S/C19H25ClN6.HI/c1-2-21-19(24-12-8-15-6-3-4-10-22-15)25-16-9-13-26(14-16)18-17(20)7-5-11-23-18;/h3-7,10-11,16H,2,8-9,12-14H2,1H3,(H2,21,24,25);1H. The summed E-state index contributed by atoms with van der Waals surface area (Å²) in [4.78, 5) is 15.6. The van der Waals surface area contributed by atoms with Gasteiger partial charge in [-0.1, -0.05) is 17.7 Å². The number of pyridine rings is 2. The second-order valence-corrected chi connectivity index (χ2v) is 6.62. The summed E-state index contributed by atoms with van der Waals surface area (Å²) in [6.45, 7) is 5.40. The first-order chi connectivity index (χ1) is 12.8. The Morgan fingerprint density at radius 2 is 2.11 bits per heavy atom. The van der Waals surface area contributed by atoms with Crippen LogP contribution in [0.25, 0.3) is 0 Å².